The van der Waals surface area contributed by atoms with Gasteiger partial charge in [0.1, 0.15) is 17.3 Å². The average molecular weight is 403 g/mol. The van der Waals surface area contributed by atoms with Crippen LogP contribution in [0.25, 0.3) is 0 Å². The van der Waals surface area contributed by atoms with E-state index in [1.165, 1.54) is 6.07 Å². The summed E-state index contributed by atoms with van der Waals surface area (Å²) in [5, 5.41) is 3.34. The van der Waals surface area contributed by atoms with Crippen LogP contribution in [0.2, 0.25) is 0 Å². The molecule has 0 saturated heterocycles. The average Bonchev–Trinajstić information content (AvgIpc) is 2.70. The summed E-state index contributed by atoms with van der Waals surface area (Å²) in [6, 6.07) is 11.0. The molecule has 0 atom stereocenters. The molecule has 0 heterocycles. The highest BCUT2D eigenvalue weighted by molar-refractivity contribution is 5.79. The number of hydrogen-bond acceptors (Lipinski definition) is 4. The van der Waals surface area contributed by atoms with Crippen LogP contribution in [-0.2, 0) is 19.6 Å². The Bertz CT molecular complexity index is 840. The zero-order valence-electron chi connectivity index (χ0n) is 18.1. The van der Waals surface area contributed by atoms with Crippen molar-refractivity contribution in [1.29, 1.82) is 0 Å². The van der Waals surface area contributed by atoms with Crippen LogP contribution < -0.4 is 14.8 Å². The SMILES string of the molecule is CN=C(NCc1ccc(F)c(CN(C)C)c1)N(C)Cc1ccc(OC)cc1OC. The van der Waals surface area contributed by atoms with Crippen molar-refractivity contribution < 1.29 is 13.9 Å². The van der Waals surface area contributed by atoms with E-state index in [1.54, 1.807) is 27.3 Å². The predicted octanol–water partition coefficient (Wildman–Crippen LogP) is 3.11. The standard InChI is InChI=1S/C22H31FN4O2/c1-24-22(25-13-16-7-10-20(23)18(11-16)14-26(2)3)27(4)15-17-8-9-19(28-5)12-21(17)29-6/h7-12H,13-15H2,1-6H3,(H,24,25). The van der Waals surface area contributed by atoms with Crippen molar-refractivity contribution in [2.45, 2.75) is 19.6 Å². The number of methoxy groups -OCH3 is 2. The van der Waals surface area contributed by atoms with Gasteiger partial charge in [-0.3, -0.25) is 4.99 Å². The molecule has 0 spiro atoms. The lowest BCUT2D eigenvalue weighted by Gasteiger charge is -2.23. The van der Waals surface area contributed by atoms with Crippen LogP contribution in [0, 0.1) is 5.82 Å². The summed E-state index contributed by atoms with van der Waals surface area (Å²) in [5.74, 6) is 2.07. The third kappa shape index (κ3) is 6.35. The van der Waals surface area contributed by atoms with E-state index in [9.17, 15) is 4.39 Å². The molecule has 0 aliphatic heterocycles. The quantitative estimate of drug-likeness (QED) is 0.543. The van der Waals surface area contributed by atoms with E-state index in [2.05, 4.69) is 10.3 Å². The number of hydrogen-bond donors (Lipinski definition) is 1. The molecule has 0 saturated carbocycles. The summed E-state index contributed by atoms with van der Waals surface area (Å²) in [7, 11) is 10.8. The molecule has 0 amide bonds. The van der Waals surface area contributed by atoms with Crippen molar-refractivity contribution in [2.24, 2.45) is 4.99 Å². The van der Waals surface area contributed by atoms with E-state index >= 15 is 0 Å². The largest absolute Gasteiger partial charge is 0.497 e. The van der Waals surface area contributed by atoms with E-state index in [0.717, 1.165) is 28.6 Å². The summed E-state index contributed by atoms with van der Waals surface area (Å²) in [5.41, 5.74) is 2.70. The van der Waals surface area contributed by atoms with Crippen molar-refractivity contribution >= 4 is 5.96 Å². The Hall–Kier alpha value is -2.80. The van der Waals surface area contributed by atoms with Gasteiger partial charge < -0.3 is 24.6 Å². The lowest BCUT2D eigenvalue weighted by Crippen LogP contribution is -2.38. The van der Waals surface area contributed by atoms with Gasteiger partial charge >= 0.3 is 0 Å². The van der Waals surface area contributed by atoms with E-state index in [-0.39, 0.29) is 5.82 Å². The molecule has 0 fully saturated rings. The predicted molar refractivity (Wildman–Crippen MR) is 115 cm³/mol. The molecular weight excluding hydrogens is 371 g/mol. The minimum atomic E-state index is -0.185. The number of aliphatic imine (C=N–C) groups is 1. The Labute approximate surface area is 172 Å². The molecule has 0 aliphatic carbocycles. The van der Waals surface area contributed by atoms with Crippen molar-refractivity contribution in [1.82, 2.24) is 15.1 Å². The number of rotatable bonds is 8. The van der Waals surface area contributed by atoms with Gasteiger partial charge in [-0.25, -0.2) is 4.39 Å². The van der Waals surface area contributed by atoms with E-state index in [4.69, 9.17) is 9.47 Å². The second-order valence-electron chi connectivity index (χ2n) is 7.10. The van der Waals surface area contributed by atoms with Crippen LogP contribution in [0.5, 0.6) is 11.5 Å². The van der Waals surface area contributed by atoms with Crippen LogP contribution in [0.15, 0.2) is 41.4 Å². The first-order valence-corrected chi connectivity index (χ1v) is 9.42. The van der Waals surface area contributed by atoms with Gasteiger partial charge in [0.15, 0.2) is 5.96 Å². The van der Waals surface area contributed by atoms with Gasteiger partial charge in [-0.1, -0.05) is 6.07 Å². The molecule has 0 bridgehead atoms. The maximum atomic E-state index is 14.0. The third-order valence-electron chi connectivity index (χ3n) is 4.52. The molecule has 1 N–H and O–H groups in total. The van der Waals surface area contributed by atoms with Crippen molar-refractivity contribution in [3.63, 3.8) is 0 Å². The number of ether oxygens (including phenoxy) is 2. The number of halogens is 1. The Morgan fingerprint density at radius 2 is 1.76 bits per heavy atom. The second-order valence-corrected chi connectivity index (χ2v) is 7.10. The van der Waals surface area contributed by atoms with Crippen molar-refractivity contribution in [2.75, 3.05) is 42.4 Å². The van der Waals surface area contributed by atoms with Gasteiger partial charge in [0.05, 0.1) is 14.2 Å². The minimum Gasteiger partial charge on any atom is -0.497 e. The molecule has 0 unspecified atom stereocenters. The fraction of sp³-hybridized carbons (Fsp3) is 0.409. The van der Waals surface area contributed by atoms with Gasteiger partial charge in [-0.05, 0) is 43.9 Å². The van der Waals surface area contributed by atoms with Crippen LogP contribution in [-0.4, -0.2) is 58.2 Å². The van der Waals surface area contributed by atoms with Crippen LogP contribution >= 0.6 is 0 Å². The maximum absolute atomic E-state index is 14.0. The maximum Gasteiger partial charge on any atom is 0.193 e. The number of nitrogens with zero attached hydrogens (tertiary/aromatic N) is 3. The summed E-state index contributed by atoms with van der Waals surface area (Å²) in [4.78, 5) is 8.32. The number of benzene rings is 2. The Morgan fingerprint density at radius 1 is 1.00 bits per heavy atom. The topological polar surface area (TPSA) is 49.3 Å². The molecule has 2 aromatic carbocycles. The highest BCUT2D eigenvalue weighted by Crippen LogP contribution is 2.25. The Balaban J connectivity index is 2.05. The monoisotopic (exact) mass is 402 g/mol. The summed E-state index contributed by atoms with van der Waals surface area (Å²) in [6.45, 7) is 1.73. The Morgan fingerprint density at radius 3 is 2.38 bits per heavy atom. The van der Waals surface area contributed by atoms with Gasteiger partial charge in [0.25, 0.3) is 0 Å². The van der Waals surface area contributed by atoms with Crippen LogP contribution in [0.3, 0.4) is 0 Å². The van der Waals surface area contributed by atoms with Crippen molar-refractivity contribution in [3.8, 4) is 11.5 Å². The van der Waals surface area contributed by atoms with E-state index < -0.39 is 0 Å². The molecule has 6 nitrogen and oxygen atoms in total. The summed E-state index contributed by atoms with van der Waals surface area (Å²) < 4.78 is 24.7. The van der Waals surface area contributed by atoms with E-state index in [0.29, 0.717) is 25.2 Å². The third-order valence-corrected chi connectivity index (χ3v) is 4.52. The summed E-state index contributed by atoms with van der Waals surface area (Å²) >= 11 is 0. The fourth-order valence-electron chi connectivity index (χ4n) is 3.08. The zero-order valence-corrected chi connectivity index (χ0v) is 18.1. The molecule has 2 rings (SSSR count). The zero-order chi connectivity index (χ0) is 21.4. The fourth-order valence-corrected chi connectivity index (χ4v) is 3.08. The highest BCUT2D eigenvalue weighted by Gasteiger charge is 2.12. The molecule has 0 radical (unpaired) electrons. The van der Waals surface area contributed by atoms with Crippen LogP contribution in [0.1, 0.15) is 16.7 Å². The summed E-state index contributed by atoms with van der Waals surface area (Å²) in [6.07, 6.45) is 0. The molecular formula is C22H31FN4O2. The highest BCUT2D eigenvalue weighted by atomic mass is 19.1. The molecule has 0 aromatic heterocycles. The van der Waals surface area contributed by atoms with Crippen LogP contribution in [0.4, 0.5) is 4.39 Å². The second kappa shape index (κ2) is 10.7. The van der Waals surface area contributed by atoms with Gasteiger partial charge in [0, 0.05) is 50.9 Å². The molecule has 7 heteroatoms. The molecule has 158 valence electrons. The molecule has 29 heavy (non-hydrogen) atoms. The lowest BCUT2D eigenvalue weighted by molar-refractivity contribution is 0.382. The number of guanidine groups is 1. The first kappa shape index (κ1) is 22.5. The van der Waals surface area contributed by atoms with Gasteiger partial charge in [-0.2, -0.15) is 0 Å². The molecule has 2 aromatic rings. The lowest BCUT2D eigenvalue weighted by atomic mass is 10.1. The van der Waals surface area contributed by atoms with Crippen molar-refractivity contribution in [3.05, 3.63) is 58.9 Å². The number of nitrogens with one attached hydrogen (secondary N) is 1. The molecule has 0 aliphatic rings. The Kier molecular flexibility index (Phi) is 8.27. The van der Waals surface area contributed by atoms with E-state index in [1.807, 2.05) is 55.2 Å². The first-order valence-electron chi connectivity index (χ1n) is 9.42. The van der Waals surface area contributed by atoms with Gasteiger partial charge in [0.2, 0.25) is 0 Å². The van der Waals surface area contributed by atoms with Gasteiger partial charge in [-0.15, -0.1) is 0 Å². The first-order chi connectivity index (χ1) is 13.9. The smallest absolute Gasteiger partial charge is 0.193 e. The normalized spacial score (nSPS) is 11.5. The minimum absolute atomic E-state index is 0.185.